The molecule has 2 rings (SSSR count). The monoisotopic (exact) mass is 373 g/mol. The lowest BCUT2D eigenvalue weighted by Gasteiger charge is -2.01. The van der Waals surface area contributed by atoms with Crippen LogP contribution in [0.5, 0.6) is 0 Å². The van der Waals surface area contributed by atoms with Crippen LogP contribution >= 0.6 is 22.6 Å². The molecule has 1 aromatic heterocycles. The van der Waals surface area contributed by atoms with Gasteiger partial charge >= 0.3 is 11.7 Å². The van der Waals surface area contributed by atoms with Crippen LogP contribution in [0.25, 0.3) is 0 Å². The zero-order chi connectivity index (χ0) is 14.0. The fourth-order valence-electron chi connectivity index (χ4n) is 1.55. The summed E-state index contributed by atoms with van der Waals surface area (Å²) in [6, 6.07) is 7.50. The topological polar surface area (TPSA) is 98.3 Å². The Balaban J connectivity index is 2.31. The Bertz CT molecular complexity index is 604. The Labute approximate surface area is 121 Å². The zero-order valence-electron chi connectivity index (χ0n) is 9.49. The van der Waals surface area contributed by atoms with Crippen molar-refractivity contribution in [2.24, 2.45) is 0 Å². The van der Waals surface area contributed by atoms with Gasteiger partial charge in [0.15, 0.2) is 0 Å². The molecule has 0 amide bonds. The normalized spacial score (nSPS) is 10.4. The van der Waals surface area contributed by atoms with Crippen molar-refractivity contribution in [3.63, 3.8) is 0 Å². The predicted octanol–water partition coefficient (Wildman–Crippen LogP) is 2.14. The van der Waals surface area contributed by atoms with Gasteiger partial charge in [0.05, 0.1) is 11.5 Å². The quantitative estimate of drug-likeness (QED) is 0.503. The summed E-state index contributed by atoms with van der Waals surface area (Å²) < 4.78 is 2.32. The maximum Gasteiger partial charge on any atom is 0.363 e. The highest BCUT2D eigenvalue weighted by Gasteiger charge is 2.25. The van der Waals surface area contributed by atoms with Crippen LogP contribution in [0.15, 0.2) is 30.5 Å². The van der Waals surface area contributed by atoms with E-state index in [0.29, 0.717) is 0 Å². The van der Waals surface area contributed by atoms with Gasteiger partial charge in [-0.1, -0.05) is 12.1 Å². The Morgan fingerprint density at radius 3 is 2.53 bits per heavy atom. The number of nitrogens with zero attached hydrogens (tertiary/aromatic N) is 3. The molecule has 7 nitrogen and oxygen atoms in total. The van der Waals surface area contributed by atoms with Crippen molar-refractivity contribution in [2.75, 3.05) is 0 Å². The van der Waals surface area contributed by atoms with Crippen molar-refractivity contribution >= 4 is 34.2 Å². The Morgan fingerprint density at radius 2 is 2.05 bits per heavy atom. The van der Waals surface area contributed by atoms with Crippen LogP contribution in [0, 0.1) is 13.7 Å². The highest BCUT2D eigenvalue weighted by Crippen LogP contribution is 2.17. The molecule has 0 bridgehead atoms. The van der Waals surface area contributed by atoms with Gasteiger partial charge in [-0.15, -0.1) is 0 Å². The first-order valence-corrected chi connectivity index (χ1v) is 6.25. The third-order valence-electron chi connectivity index (χ3n) is 2.40. The number of hydrogen-bond donors (Lipinski definition) is 1. The van der Waals surface area contributed by atoms with E-state index in [4.69, 9.17) is 5.11 Å². The molecule has 0 saturated carbocycles. The highest BCUT2D eigenvalue weighted by molar-refractivity contribution is 14.1. The number of hydrogen-bond acceptors (Lipinski definition) is 4. The molecule has 2 aromatic rings. The van der Waals surface area contributed by atoms with Crippen LogP contribution in [-0.4, -0.2) is 25.8 Å². The third-order valence-corrected chi connectivity index (χ3v) is 3.12. The van der Waals surface area contributed by atoms with Crippen molar-refractivity contribution in [3.05, 3.63) is 55.4 Å². The largest absolute Gasteiger partial charge is 0.476 e. The number of carboxylic acid groups (broad SMARTS) is 1. The fraction of sp³-hybridized carbons (Fsp3) is 0.0909. The lowest BCUT2D eigenvalue weighted by atomic mass is 10.2. The first kappa shape index (κ1) is 13.5. The summed E-state index contributed by atoms with van der Waals surface area (Å²) in [7, 11) is 0. The highest BCUT2D eigenvalue weighted by atomic mass is 127. The minimum Gasteiger partial charge on any atom is -0.476 e. The van der Waals surface area contributed by atoms with Crippen molar-refractivity contribution in [1.82, 2.24) is 9.78 Å². The molecule has 1 N–H and O–H groups in total. The van der Waals surface area contributed by atoms with Gasteiger partial charge in [0.1, 0.15) is 6.20 Å². The van der Waals surface area contributed by atoms with Gasteiger partial charge in [-0.25, -0.2) is 4.79 Å². The molecule has 0 spiro atoms. The summed E-state index contributed by atoms with van der Waals surface area (Å²) in [4.78, 5) is 20.8. The van der Waals surface area contributed by atoms with Gasteiger partial charge in [-0.05, 0) is 40.3 Å². The van der Waals surface area contributed by atoms with E-state index in [1.807, 2.05) is 24.3 Å². The average Bonchev–Trinajstić information content (AvgIpc) is 2.76. The molecule has 0 atom stereocenters. The molecular formula is C11H8IN3O4. The number of aromatic nitrogens is 2. The molecule has 0 unspecified atom stereocenters. The van der Waals surface area contributed by atoms with Crippen molar-refractivity contribution < 1.29 is 14.8 Å². The van der Waals surface area contributed by atoms with Crippen molar-refractivity contribution in [2.45, 2.75) is 6.54 Å². The van der Waals surface area contributed by atoms with E-state index in [2.05, 4.69) is 27.7 Å². The van der Waals surface area contributed by atoms with E-state index in [1.165, 1.54) is 4.68 Å². The summed E-state index contributed by atoms with van der Waals surface area (Å²) in [6.07, 6.45) is 1.13. The second-order valence-electron chi connectivity index (χ2n) is 3.75. The van der Waals surface area contributed by atoms with Gasteiger partial charge < -0.3 is 5.11 Å². The smallest absolute Gasteiger partial charge is 0.363 e. The van der Waals surface area contributed by atoms with Crippen LogP contribution in [0.2, 0.25) is 0 Å². The molecule has 0 saturated heterocycles. The minimum atomic E-state index is -1.41. The maximum atomic E-state index is 10.9. The molecule has 98 valence electrons. The van der Waals surface area contributed by atoms with Crippen molar-refractivity contribution in [1.29, 1.82) is 0 Å². The number of nitro groups is 1. The molecule has 1 heterocycles. The van der Waals surface area contributed by atoms with Crippen LogP contribution < -0.4 is 0 Å². The average molecular weight is 373 g/mol. The first-order valence-electron chi connectivity index (χ1n) is 5.17. The van der Waals surface area contributed by atoms with E-state index in [1.54, 1.807) is 0 Å². The van der Waals surface area contributed by atoms with E-state index < -0.39 is 22.3 Å². The number of benzene rings is 1. The number of carbonyl (C=O) groups is 1. The van der Waals surface area contributed by atoms with E-state index >= 15 is 0 Å². The summed E-state index contributed by atoms with van der Waals surface area (Å²) in [5.74, 6) is -1.41. The molecule has 0 fully saturated rings. The molecule has 1 aromatic carbocycles. The lowest BCUT2D eigenvalue weighted by molar-refractivity contribution is -0.385. The first-order chi connectivity index (χ1) is 8.97. The Morgan fingerprint density at radius 1 is 1.42 bits per heavy atom. The molecule has 0 aliphatic rings. The van der Waals surface area contributed by atoms with Gasteiger partial charge in [-0.3, -0.25) is 14.8 Å². The number of rotatable bonds is 4. The van der Waals surface area contributed by atoms with Crippen LogP contribution in [0.1, 0.15) is 16.1 Å². The Hall–Kier alpha value is -1.97. The predicted molar refractivity (Wildman–Crippen MR) is 74.1 cm³/mol. The summed E-state index contributed by atoms with van der Waals surface area (Å²) in [6.45, 7) is 0.283. The van der Waals surface area contributed by atoms with Crippen LogP contribution in [0.3, 0.4) is 0 Å². The van der Waals surface area contributed by atoms with Crippen molar-refractivity contribution in [3.8, 4) is 0 Å². The molecule has 19 heavy (non-hydrogen) atoms. The van der Waals surface area contributed by atoms with Gasteiger partial charge in [0.2, 0.25) is 5.69 Å². The fourth-order valence-corrected chi connectivity index (χ4v) is 1.91. The van der Waals surface area contributed by atoms with Gasteiger partial charge in [0, 0.05) is 3.57 Å². The standard InChI is InChI=1S/C11H8IN3O4/c12-8-3-1-7(2-4-8)5-14-6-9(15(18)19)10(13-14)11(16)17/h1-4,6H,5H2,(H,16,17). The molecular weight excluding hydrogens is 365 g/mol. The molecule has 8 heteroatoms. The number of halogens is 1. The molecule has 0 aliphatic carbocycles. The number of carboxylic acids is 1. The summed E-state index contributed by atoms with van der Waals surface area (Å²) >= 11 is 2.16. The lowest BCUT2D eigenvalue weighted by Crippen LogP contribution is -2.04. The van der Waals surface area contributed by atoms with E-state index in [-0.39, 0.29) is 6.54 Å². The van der Waals surface area contributed by atoms with Gasteiger partial charge in [0.25, 0.3) is 0 Å². The third kappa shape index (κ3) is 3.08. The van der Waals surface area contributed by atoms with Gasteiger partial charge in [-0.2, -0.15) is 5.10 Å². The second kappa shape index (κ2) is 5.34. The molecule has 0 radical (unpaired) electrons. The number of aromatic carboxylic acids is 1. The molecule has 0 aliphatic heterocycles. The van der Waals surface area contributed by atoms with E-state index in [0.717, 1.165) is 15.3 Å². The van der Waals surface area contributed by atoms with E-state index in [9.17, 15) is 14.9 Å². The summed E-state index contributed by atoms with van der Waals surface area (Å²) in [5.41, 5.74) is -0.164. The van der Waals surface area contributed by atoms with Crippen LogP contribution in [0.4, 0.5) is 5.69 Å². The minimum absolute atomic E-state index is 0.283. The second-order valence-corrected chi connectivity index (χ2v) is 4.99. The summed E-state index contributed by atoms with van der Waals surface area (Å²) in [5, 5.41) is 23.3. The SMILES string of the molecule is O=C(O)c1nn(Cc2ccc(I)cc2)cc1[N+](=O)[O-]. The maximum absolute atomic E-state index is 10.9. The Kier molecular flexibility index (Phi) is 3.79. The zero-order valence-corrected chi connectivity index (χ0v) is 11.6. The van der Waals surface area contributed by atoms with Crippen LogP contribution in [-0.2, 0) is 6.54 Å².